The molecule has 5 aromatic carbocycles. The molecule has 8 aromatic rings. The third-order valence-corrected chi connectivity index (χ3v) is 9.24. The normalized spacial score (nSPS) is 11.4. The van der Waals surface area contributed by atoms with Crippen molar-refractivity contribution < 1.29 is 28.9 Å². The number of aryl methyl sites for hydroxylation is 3. The number of hydrogen-bond donors (Lipinski definition) is 0. The first-order chi connectivity index (χ1) is 24.5. The number of pyridine rings is 2. The van der Waals surface area contributed by atoms with Crippen molar-refractivity contribution in [2.24, 2.45) is 11.8 Å². The molecular formula is C47H43FIrN2O-2. The molecule has 0 aliphatic carbocycles. The predicted octanol–water partition coefficient (Wildman–Crippen LogP) is 12.8. The van der Waals surface area contributed by atoms with E-state index in [-0.39, 0.29) is 25.9 Å². The fourth-order valence-electron chi connectivity index (χ4n) is 7.19. The SMILES string of the molecule is Cc1[c-]c(-c2nccc3c(F)c(CC(C)C)ccc23)c2oc3ccccc3c2c1.Cc1[c-]c(-c2nccc3cc(CC(C)C)ccc23)cc(C)c1.[Ir]. The predicted molar refractivity (Wildman–Crippen MR) is 211 cm³/mol. The van der Waals surface area contributed by atoms with Gasteiger partial charge in [0.1, 0.15) is 11.4 Å². The van der Waals surface area contributed by atoms with Crippen LogP contribution in [0.3, 0.4) is 0 Å². The number of furan rings is 1. The molecule has 3 nitrogen and oxygen atoms in total. The van der Waals surface area contributed by atoms with Gasteiger partial charge in [0.15, 0.2) is 0 Å². The first-order valence-corrected chi connectivity index (χ1v) is 17.8. The number of nitrogens with zero attached hydrogens (tertiary/aromatic N) is 2. The van der Waals surface area contributed by atoms with Crippen LogP contribution in [-0.2, 0) is 32.9 Å². The molecule has 0 bridgehead atoms. The second-order valence-corrected chi connectivity index (χ2v) is 14.6. The first kappa shape index (κ1) is 37.1. The largest absolute Gasteiger partial charge is 0.501 e. The average Bonchev–Trinajstić information content (AvgIpc) is 3.46. The Morgan fingerprint density at radius 3 is 2.13 bits per heavy atom. The monoisotopic (exact) mass is 863 g/mol. The summed E-state index contributed by atoms with van der Waals surface area (Å²) in [7, 11) is 0. The molecule has 0 atom stereocenters. The van der Waals surface area contributed by atoms with Gasteiger partial charge in [0.25, 0.3) is 0 Å². The third kappa shape index (κ3) is 7.58. The van der Waals surface area contributed by atoms with Crippen LogP contribution in [0.5, 0.6) is 0 Å². The molecule has 0 saturated heterocycles. The summed E-state index contributed by atoms with van der Waals surface area (Å²) in [6.07, 6.45) is 5.40. The zero-order valence-electron chi connectivity index (χ0n) is 30.8. The molecule has 0 aliphatic rings. The summed E-state index contributed by atoms with van der Waals surface area (Å²) in [5.74, 6) is 0.906. The van der Waals surface area contributed by atoms with E-state index in [2.05, 4.69) is 112 Å². The van der Waals surface area contributed by atoms with Gasteiger partial charge in [-0.05, 0) is 81.5 Å². The van der Waals surface area contributed by atoms with E-state index in [1.807, 2.05) is 43.5 Å². The molecule has 8 rings (SSSR count). The van der Waals surface area contributed by atoms with Crippen LogP contribution in [0, 0.1) is 50.6 Å². The first-order valence-electron chi connectivity index (χ1n) is 17.8. The van der Waals surface area contributed by atoms with Crippen LogP contribution >= 0.6 is 0 Å². The number of rotatable bonds is 6. The maximum atomic E-state index is 15.2. The summed E-state index contributed by atoms with van der Waals surface area (Å²) < 4.78 is 21.4. The summed E-state index contributed by atoms with van der Waals surface area (Å²) in [6, 6.07) is 35.7. The van der Waals surface area contributed by atoms with E-state index in [1.54, 1.807) is 12.3 Å². The summed E-state index contributed by atoms with van der Waals surface area (Å²) in [5.41, 5.74) is 10.7. The van der Waals surface area contributed by atoms with Crippen LogP contribution in [0.25, 0.3) is 66.0 Å². The van der Waals surface area contributed by atoms with Gasteiger partial charge in [-0.2, -0.15) is 0 Å². The van der Waals surface area contributed by atoms with Crippen LogP contribution in [0.15, 0.2) is 102 Å². The summed E-state index contributed by atoms with van der Waals surface area (Å²) in [6.45, 7) is 14.9. The van der Waals surface area contributed by atoms with Crippen LogP contribution in [0.2, 0.25) is 0 Å². The topological polar surface area (TPSA) is 38.9 Å². The summed E-state index contributed by atoms with van der Waals surface area (Å²) in [4.78, 5) is 9.23. The van der Waals surface area contributed by atoms with Crippen molar-refractivity contribution in [2.75, 3.05) is 0 Å². The average molecular weight is 863 g/mol. The second kappa shape index (κ2) is 15.5. The van der Waals surface area contributed by atoms with Gasteiger partial charge >= 0.3 is 0 Å². The Bertz CT molecular complexity index is 2530. The molecule has 265 valence electrons. The number of benzene rings is 5. The van der Waals surface area contributed by atoms with Crippen LogP contribution in [-0.4, -0.2) is 9.97 Å². The van der Waals surface area contributed by atoms with Gasteiger partial charge in [-0.3, -0.25) is 0 Å². The number of hydrogen-bond acceptors (Lipinski definition) is 3. The van der Waals surface area contributed by atoms with Crippen molar-refractivity contribution in [1.82, 2.24) is 9.97 Å². The molecular weight excluding hydrogens is 820 g/mol. The molecule has 1 radical (unpaired) electrons. The maximum absolute atomic E-state index is 15.2. The molecule has 0 saturated carbocycles. The van der Waals surface area contributed by atoms with Crippen molar-refractivity contribution in [3.05, 3.63) is 143 Å². The number of halogens is 1. The molecule has 0 unspecified atom stereocenters. The van der Waals surface area contributed by atoms with Crippen LogP contribution in [0.4, 0.5) is 4.39 Å². The number of aromatic nitrogens is 2. The Balaban J connectivity index is 0.000000182. The van der Waals surface area contributed by atoms with E-state index >= 15 is 4.39 Å². The van der Waals surface area contributed by atoms with E-state index in [0.717, 1.165) is 67.3 Å². The maximum Gasteiger partial charge on any atom is 0.133 e. The summed E-state index contributed by atoms with van der Waals surface area (Å²) in [5, 5.41) is 5.93. The van der Waals surface area contributed by atoms with Gasteiger partial charge in [0.2, 0.25) is 0 Å². The fourth-order valence-corrected chi connectivity index (χ4v) is 7.19. The van der Waals surface area contributed by atoms with Crippen LogP contribution < -0.4 is 0 Å². The molecule has 0 spiro atoms. The Morgan fingerprint density at radius 2 is 1.37 bits per heavy atom. The summed E-state index contributed by atoms with van der Waals surface area (Å²) >= 11 is 0. The molecule has 0 N–H and O–H groups in total. The Kier molecular flexibility index (Phi) is 11.0. The molecule has 0 fully saturated rings. The van der Waals surface area contributed by atoms with Gasteiger partial charge < -0.3 is 14.4 Å². The van der Waals surface area contributed by atoms with Gasteiger partial charge in [-0.1, -0.05) is 108 Å². The van der Waals surface area contributed by atoms with Crippen molar-refractivity contribution >= 4 is 43.5 Å². The van der Waals surface area contributed by atoms with E-state index in [9.17, 15) is 0 Å². The molecule has 3 aromatic heterocycles. The smallest absolute Gasteiger partial charge is 0.133 e. The van der Waals surface area contributed by atoms with Crippen LogP contribution in [0.1, 0.15) is 55.5 Å². The third-order valence-electron chi connectivity index (χ3n) is 9.24. The quantitative estimate of drug-likeness (QED) is 0.156. The van der Waals surface area contributed by atoms with Gasteiger partial charge in [-0.25, -0.2) is 4.39 Å². The fraction of sp³-hybridized carbons (Fsp3) is 0.234. The minimum Gasteiger partial charge on any atom is -0.501 e. The van der Waals surface area contributed by atoms with E-state index < -0.39 is 0 Å². The van der Waals surface area contributed by atoms with Crippen molar-refractivity contribution in [2.45, 2.75) is 61.3 Å². The second-order valence-electron chi connectivity index (χ2n) is 14.6. The Morgan fingerprint density at radius 1 is 0.654 bits per heavy atom. The standard InChI is InChI=1S/C26H21FNO.C21H22N.Ir/c1-15(2)12-17-8-9-20-19(24(17)27)10-11-28-25(20)22-14-16(3)13-21-18-6-4-5-7-23(18)29-26(21)22;1-14(2)9-17-5-6-20-18(13-17)7-8-22-21(20)19-11-15(3)10-16(4)12-19;/h4-11,13,15H,12H2,1-3H3;5-8,10-11,13-14H,9H2,1-4H3;/q2*-1;. The molecule has 3 heterocycles. The van der Waals surface area contributed by atoms with Crippen molar-refractivity contribution in [3.63, 3.8) is 0 Å². The Hall–Kier alpha value is -4.70. The molecule has 5 heteroatoms. The van der Waals surface area contributed by atoms with Crippen molar-refractivity contribution in [3.8, 4) is 22.5 Å². The van der Waals surface area contributed by atoms with E-state index in [4.69, 9.17) is 4.42 Å². The van der Waals surface area contributed by atoms with Gasteiger partial charge in [0, 0.05) is 43.3 Å². The van der Waals surface area contributed by atoms with E-state index in [0.29, 0.717) is 29.3 Å². The van der Waals surface area contributed by atoms with Gasteiger partial charge in [0.05, 0.1) is 5.58 Å². The molecule has 52 heavy (non-hydrogen) atoms. The minimum absolute atomic E-state index is 0. The minimum atomic E-state index is -0.159. The van der Waals surface area contributed by atoms with Gasteiger partial charge in [-0.15, -0.1) is 52.6 Å². The zero-order chi connectivity index (χ0) is 35.8. The molecule has 0 amide bonds. The Labute approximate surface area is 319 Å². The van der Waals surface area contributed by atoms with Crippen molar-refractivity contribution in [1.29, 1.82) is 0 Å². The molecule has 0 aliphatic heterocycles. The number of fused-ring (bicyclic) bond motifs is 5. The zero-order valence-corrected chi connectivity index (χ0v) is 33.2. The number of para-hydroxylation sites is 1. The van der Waals surface area contributed by atoms with E-state index in [1.165, 1.54) is 21.9 Å².